The SMILES string of the molecule is OCCCN(Cc1c[nH]c2ccccc12)C1=NCCN1. The van der Waals surface area contributed by atoms with E-state index in [4.69, 9.17) is 5.11 Å². The number of guanidine groups is 1. The Morgan fingerprint density at radius 1 is 1.30 bits per heavy atom. The molecule has 0 saturated heterocycles. The molecule has 0 bridgehead atoms. The first-order chi connectivity index (χ1) is 9.88. The van der Waals surface area contributed by atoms with Crippen molar-refractivity contribution in [3.05, 3.63) is 36.0 Å². The number of aliphatic hydroxyl groups excluding tert-OH is 1. The van der Waals surface area contributed by atoms with Crippen molar-refractivity contribution >= 4 is 16.9 Å². The maximum atomic E-state index is 9.06. The molecule has 0 unspecified atom stereocenters. The summed E-state index contributed by atoms with van der Waals surface area (Å²) in [5.74, 6) is 0.948. The average Bonchev–Trinajstić information content (AvgIpc) is 3.13. The van der Waals surface area contributed by atoms with Crippen LogP contribution in [-0.2, 0) is 6.54 Å². The second-order valence-corrected chi connectivity index (χ2v) is 4.99. The minimum Gasteiger partial charge on any atom is -0.396 e. The highest BCUT2D eigenvalue weighted by atomic mass is 16.3. The molecule has 1 aromatic carbocycles. The molecule has 3 rings (SSSR count). The van der Waals surface area contributed by atoms with E-state index in [0.29, 0.717) is 0 Å². The van der Waals surface area contributed by atoms with Crippen molar-refractivity contribution < 1.29 is 5.11 Å². The molecule has 1 aromatic heterocycles. The standard InChI is InChI=1S/C15H20N4O/c20-9-3-8-19(15-16-6-7-17-15)11-12-10-18-14-5-2-1-4-13(12)14/h1-2,4-5,10,18,20H,3,6-9,11H2,(H,16,17). The number of nitrogens with one attached hydrogen (secondary N) is 2. The highest BCUT2D eigenvalue weighted by molar-refractivity contribution is 5.85. The van der Waals surface area contributed by atoms with Crippen molar-refractivity contribution in [1.29, 1.82) is 0 Å². The molecule has 0 aliphatic carbocycles. The van der Waals surface area contributed by atoms with Crippen LogP contribution < -0.4 is 5.32 Å². The van der Waals surface area contributed by atoms with E-state index in [0.717, 1.165) is 44.1 Å². The monoisotopic (exact) mass is 272 g/mol. The highest BCUT2D eigenvalue weighted by Gasteiger charge is 2.16. The Kier molecular flexibility index (Phi) is 3.87. The molecule has 5 heteroatoms. The lowest BCUT2D eigenvalue weighted by molar-refractivity contribution is 0.264. The van der Waals surface area contributed by atoms with Crippen molar-refractivity contribution in [3.8, 4) is 0 Å². The van der Waals surface area contributed by atoms with Gasteiger partial charge in [0.25, 0.3) is 0 Å². The topological polar surface area (TPSA) is 63.6 Å². The lowest BCUT2D eigenvalue weighted by Crippen LogP contribution is -2.39. The van der Waals surface area contributed by atoms with Gasteiger partial charge in [-0.05, 0) is 18.1 Å². The number of rotatable bonds is 5. The van der Waals surface area contributed by atoms with Crippen molar-refractivity contribution in [2.24, 2.45) is 4.99 Å². The highest BCUT2D eigenvalue weighted by Crippen LogP contribution is 2.19. The van der Waals surface area contributed by atoms with Crippen LogP contribution in [0.4, 0.5) is 0 Å². The largest absolute Gasteiger partial charge is 0.396 e. The number of aliphatic hydroxyl groups is 1. The Morgan fingerprint density at radius 2 is 2.20 bits per heavy atom. The fourth-order valence-electron chi connectivity index (χ4n) is 2.59. The van der Waals surface area contributed by atoms with Crippen LogP contribution in [0.1, 0.15) is 12.0 Å². The van der Waals surface area contributed by atoms with Gasteiger partial charge in [0.05, 0.1) is 6.54 Å². The molecule has 0 amide bonds. The van der Waals surface area contributed by atoms with Crippen molar-refractivity contribution in [2.75, 3.05) is 26.2 Å². The summed E-state index contributed by atoms with van der Waals surface area (Å²) in [5, 5.41) is 13.6. The average molecular weight is 272 g/mol. The van der Waals surface area contributed by atoms with Gasteiger partial charge in [0.1, 0.15) is 0 Å². The summed E-state index contributed by atoms with van der Waals surface area (Å²) < 4.78 is 0. The van der Waals surface area contributed by atoms with Crippen LogP contribution in [0.25, 0.3) is 10.9 Å². The Bertz CT molecular complexity index is 605. The molecule has 106 valence electrons. The molecule has 20 heavy (non-hydrogen) atoms. The number of para-hydroxylation sites is 1. The zero-order valence-corrected chi connectivity index (χ0v) is 11.5. The second kappa shape index (κ2) is 5.96. The third-order valence-electron chi connectivity index (χ3n) is 3.58. The zero-order chi connectivity index (χ0) is 13.8. The molecule has 2 aromatic rings. The first kappa shape index (κ1) is 13.0. The quantitative estimate of drug-likeness (QED) is 0.769. The van der Waals surface area contributed by atoms with E-state index in [1.165, 1.54) is 10.9 Å². The van der Waals surface area contributed by atoms with Crippen LogP contribution in [0, 0.1) is 0 Å². The maximum Gasteiger partial charge on any atom is 0.194 e. The van der Waals surface area contributed by atoms with E-state index < -0.39 is 0 Å². The predicted molar refractivity (Wildman–Crippen MR) is 80.7 cm³/mol. The molecular weight excluding hydrogens is 252 g/mol. The fourth-order valence-corrected chi connectivity index (χ4v) is 2.59. The van der Waals surface area contributed by atoms with E-state index in [1.807, 2.05) is 6.07 Å². The Balaban J connectivity index is 1.81. The summed E-state index contributed by atoms with van der Waals surface area (Å²) in [5.41, 5.74) is 2.42. The van der Waals surface area contributed by atoms with Crippen LogP contribution in [0.3, 0.4) is 0 Å². The number of H-pyrrole nitrogens is 1. The molecule has 3 N–H and O–H groups in total. The Labute approximate surface area is 118 Å². The summed E-state index contributed by atoms with van der Waals surface area (Å²) in [6.45, 7) is 3.55. The Morgan fingerprint density at radius 3 is 3.00 bits per heavy atom. The number of aromatic amines is 1. The van der Waals surface area contributed by atoms with Gasteiger partial charge in [-0.15, -0.1) is 0 Å². The number of hydrogen-bond donors (Lipinski definition) is 3. The molecular formula is C15H20N4O. The summed E-state index contributed by atoms with van der Waals surface area (Å²) in [4.78, 5) is 10.0. The van der Waals surface area contributed by atoms with Crippen molar-refractivity contribution in [1.82, 2.24) is 15.2 Å². The van der Waals surface area contributed by atoms with Crippen LogP contribution in [0.15, 0.2) is 35.5 Å². The third kappa shape index (κ3) is 2.63. The minimum atomic E-state index is 0.206. The first-order valence-corrected chi connectivity index (χ1v) is 7.07. The fraction of sp³-hybridized carbons (Fsp3) is 0.400. The first-order valence-electron chi connectivity index (χ1n) is 7.07. The normalized spacial score (nSPS) is 14.3. The van der Waals surface area contributed by atoms with E-state index >= 15 is 0 Å². The van der Waals surface area contributed by atoms with Gasteiger partial charge in [0.15, 0.2) is 5.96 Å². The van der Waals surface area contributed by atoms with Gasteiger partial charge < -0.3 is 20.3 Å². The van der Waals surface area contributed by atoms with Gasteiger partial charge >= 0.3 is 0 Å². The van der Waals surface area contributed by atoms with Gasteiger partial charge in [0.2, 0.25) is 0 Å². The second-order valence-electron chi connectivity index (χ2n) is 4.99. The van der Waals surface area contributed by atoms with Gasteiger partial charge in [-0.25, -0.2) is 0 Å². The van der Waals surface area contributed by atoms with Crippen molar-refractivity contribution in [3.63, 3.8) is 0 Å². The van der Waals surface area contributed by atoms with Gasteiger partial charge in [0, 0.05) is 43.3 Å². The Hall–Kier alpha value is -2.01. The summed E-state index contributed by atoms with van der Waals surface area (Å²) in [6.07, 6.45) is 2.81. The van der Waals surface area contributed by atoms with Crippen LogP contribution >= 0.6 is 0 Å². The summed E-state index contributed by atoms with van der Waals surface area (Å²) in [6, 6.07) is 8.31. The third-order valence-corrected chi connectivity index (χ3v) is 3.58. The molecule has 0 saturated carbocycles. The molecule has 0 atom stereocenters. The van der Waals surface area contributed by atoms with Gasteiger partial charge in [-0.3, -0.25) is 4.99 Å². The van der Waals surface area contributed by atoms with E-state index in [1.54, 1.807) is 0 Å². The van der Waals surface area contributed by atoms with Crippen LogP contribution in [0.5, 0.6) is 0 Å². The maximum absolute atomic E-state index is 9.06. The van der Waals surface area contributed by atoms with E-state index in [-0.39, 0.29) is 6.61 Å². The smallest absolute Gasteiger partial charge is 0.194 e. The zero-order valence-electron chi connectivity index (χ0n) is 11.5. The summed E-state index contributed by atoms with van der Waals surface area (Å²) in [7, 11) is 0. The molecule has 0 radical (unpaired) electrons. The molecule has 0 fully saturated rings. The molecule has 1 aliphatic rings. The van der Waals surface area contributed by atoms with Crippen LogP contribution in [0.2, 0.25) is 0 Å². The molecule has 2 heterocycles. The number of fused-ring (bicyclic) bond motifs is 1. The number of nitrogens with zero attached hydrogens (tertiary/aromatic N) is 2. The predicted octanol–water partition coefficient (Wildman–Crippen LogP) is 1.31. The van der Waals surface area contributed by atoms with Gasteiger partial charge in [-0.1, -0.05) is 18.2 Å². The lowest BCUT2D eigenvalue weighted by atomic mass is 10.1. The molecule has 0 spiro atoms. The summed E-state index contributed by atoms with van der Waals surface area (Å²) >= 11 is 0. The lowest BCUT2D eigenvalue weighted by Gasteiger charge is -2.24. The van der Waals surface area contributed by atoms with E-state index in [2.05, 4.69) is 44.6 Å². The molecule has 5 nitrogen and oxygen atoms in total. The van der Waals surface area contributed by atoms with Crippen LogP contribution in [-0.4, -0.2) is 47.2 Å². The minimum absolute atomic E-state index is 0.206. The number of hydrogen-bond acceptors (Lipinski definition) is 4. The molecule has 1 aliphatic heterocycles. The number of benzene rings is 1. The number of aliphatic imine (C=N–C) groups is 1. The number of aromatic nitrogens is 1. The van der Waals surface area contributed by atoms with E-state index in [9.17, 15) is 0 Å². The van der Waals surface area contributed by atoms with Crippen molar-refractivity contribution in [2.45, 2.75) is 13.0 Å². The van der Waals surface area contributed by atoms with Gasteiger partial charge in [-0.2, -0.15) is 0 Å².